The van der Waals surface area contributed by atoms with Crippen LogP contribution in [0.15, 0.2) is 4.99 Å². The van der Waals surface area contributed by atoms with Crippen LogP contribution in [0.5, 0.6) is 0 Å². The summed E-state index contributed by atoms with van der Waals surface area (Å²) < 4.78 is 0. The molecule has 0 aliphatic heterocycles. The van der Waals surface area contributed by atoms with Crippen LogP contribution in [0.2, 0.25) is 0 Å². The number of hydrogen-bond donors (Lipinski definition) is 2. The van der Waals surface area contributed by atoms with E-state index in [4.69, 9.17) is 10.2 Å². The Bertz CT molecular complexity index is 238. The van der Waals surface area contributed by atoms with Crippen molar-refractivity contribution in [2.45, 2.75) is 52.4 Å². The summed E-state index contributed by atoms with van der Waals surface area (Å²) in [5.74, 6) is -1.56. The van der Waals surface area contributed by atoms with Crippen molar-refractivity contribution >= 4 is 18.2 Å². The third-order valence-electron chi connectivity index (χ3n) is 1.84. The molecule has 18 heavy (non-hydrogen) atoms. The minimum atomic E-state index is -0.813. The average molecular weight is 269 g/mol. The molecule has 0 aliphatic carbocycles. The van der Waals surface area contributed by atoms with Gasteiger partial charge >= 0.3 is 41.5 Å². The van der Waals surface area contributed by atoms with E-state index in [2.05, 4.69) is 11.9 Å². The van der Waals surface area contributed by atoms with Crippen molar-refractivity contribution in [1.29, 1.82) is 0 Å². The molecule has 0 aliphatic rings. The first kappa shape index (κ1) is 22.8. The Hall–Kier alpha value is -0.390. The predicted molar refractivity (Wildman–Crippen MR) is 68.8 cm³/mol. The molecular formula is C12H24NNaO4. The van der Waals surface area contributed by atoms with Crippen molar-refractivity contribution in [3.05, 3.63) is 0 Å². The fraction of sp³-hybridized carbons (Fsp3) is 0.750. The van der Waals surface area contributed by atoms with E-state index in [1.807, 2.05) is 0 Å². The Balaban J connectivity index is -0.000000139. The average Bonchev–Trinajstić information content (AvgIpc) is 2.28. The maximum Gasteiger partial charge on any atom is 1.00 e. The maximum absolute atomic E-state index is 10.0. The number of carbonyl (C=O) groups is 2. The summed E-state index contributed by atoms with van der Waals surface area (Å²) in [6, 6.07) is 0. The van der Waals surface area contributed by atoms with Gasteiger partial charge in [-0.25, -0.2) is 0 Å². The van der Waals surface area contributed by atoms with Gasteiger partial charge in [-0.3, -0.25) is 14.6 Å². The Labute approximate surface area is 132 Å². The minimum Gasteiger partial charge on any atom is -1.00 e. The SMILES string of the molecule is CCC(=O)O.CCCCCCN=CCC(=O)O.[H-].[Na+]. The van der Waals surface area contributed by atoms with Gasteiger partial charge in [-0.15, -0.1) is 0 Å². The van der Waals surface area contributed by atoms with E-state index in [9.17, 15) is 9.59 Å². The van der Waals surface area contributed by atoms with Crippen molar-refractivity contribution in [2.24, 2.45) is 4.99 Å². The molecule has 0 amide bonds. The monoisotopic (exact) mass is 269 g/mol. The van der Waals surface area contributed by atoms with Gasteiger partial charge < -0.3 is 11.6 Å². The molecule has 0 heterocycles. The summed E-state index contributed by atoms with van der Waals surface area (Å²) in [5, 5.41) is 16.0. The maximum atomic E-state index is 10.0. The van der Waals surface area contributed by atoms with Gasteiger partial charge in [0.05, 0.1) is 6.42 Å². The van der Waals surface area contributed by atoms with Crippen LogP contribution in [-0.4, -0.2) is 34.9 Å². The molecule has 0 radical (unpaired) electrons. The molecule has 5 nitrogen and oxygen atoms in total. The smallest absolute Gasteiger partial charge is 1.00 e. The van der Waals surface area contributed by atoms with E-state index in [1.165, 1.54) is 25.5 Å². The number of hydrogen-bond acceptors (Lipinski definition) is 3. The Morgan fingerprint density at radius 2 is 1.67 bits per heavy atom. The first-order valence-corrected chi connectivity index (χ1v) is 5.96. The fourth-order valence-corrected chi connectivity index (χ4v) is 0.864. The van der Waals surface area contributed by atoms with Crippen LogP contribution >= 0.6 is 0 Å². The zero-order valence-corrected chi connectivity index (χ0v) is 13.7. The first-order chi connectivity index (χ1) is 8.04. The zero-order valence-electron chi connectivity index (χ0n) is 12.7. The van der Waals surface area contributed by atoms with Gasteiger partial charge in [0.2, 0.25) is 0 Å². The molecule has 0 aromatic heterocycles. The minimum absolute atomic E-state index is 0. The fourth-order valence-electron chi connectivity index (χ4n) is 0.864. The molecule has 2 N–H and O–H groups in total. The number of rotatable bonds is 8. The summed E-state index contributed by atoms with van der Waals surface area (Å²) in [6.45, 7) is 4.53. The van der Waals surface area contributed by atoms with Crippen LogP contribution in [0.3, 0.4) is 0 Å². The molecule has 0 bridgehead atoms. The number of unbranched alkanes of at least 4 members (excludes halogenated alkanes) is 3. The summed E-state index contributed by atoms with van der Waals surface area (Å²) >= 11 is 0. The van der Waals surface area contributed by atoms with Crippen LogP contribution in [-0.2, 0) is 9.59 Å². The predicted octanol–water partition coefficient (Wildman–Crippen LogP) is -0.290. The van der Waals surface area contributed by atoms with Gasteiger partial charge in [-0.1, -0.05) is 33.1 Å². The molecule has 0 atom stereocenters. The standard InChI is InChI=1S/C9H17NO2.C3H6O2.Na.H/c1-2-3-4-5-7-10-8-6-9(11)12;1-2-3(4)5;;/h8H,2-7H2,1H3,(H,11,12);2H2,1H3,(H,4,5);;/q;;+1;-1. The van der Waals surface area contributed by atoms with E-state index in [0.717, 1.165) is 13.0 Å². The van der Waals surface area contributed by atoms with Crippen LogP contribution in [0.4, 0.5) is 0 Å². The van der Waals surface area contributed by atoms with Gasteiger partial charge in [0.25, 0.3) is 0 Å². The van der Waals surface area contributed by atoms with E-state index in [-0.39, 0.29) is 43.8 Å². The second-order valence-corrected chi connectivity index (χ2v) is 3.49. The quantitative estimate of drug-likeness (QED) is 0.360. The number of nitrogens with zero attached hydrogens (tertiary/aromatic N) is 1. The van der Waals surface area contributed by atoms with Crippen molar-refractivity contribution in [3.63, 3.8) is 0 Å². The van der Waals surface area contributed by atoms with Gasteiger partial charge in [-0.05, 0) is 6.42 Å². The van der Waals surface area contributed by atoms with Crippen molar-refractivity contribution in [1.82, 2.24) is 0 Å². The van der Waals surface area contributed by atoms with E-state index >= 15 is 0 Å². The third kappa shape index (κ3) is 29.6. The van der Waals surface area contributed by atoms with Crippen LogP contribution < -0.4 is 29.6 Å². The van der Waals surface area contributed by atoms with Gasteiger partial charge in [-0.2, -0.15) is 0 Å². The molecule has 0 unspecified atom stereocenters. The molecule has 0 fully saturated rings. The number of carboxylic acid groups (broad SMARTS) is 2. The molecule has 0 saturated heterocycles. The zero-order chi connectivity index (χ0) is 13.5. The normalized spacial score (nSPS) is 9.22. The molecule has 0 aromatic carbocycles. The number of aliphatic imine (C=N–C) groups is 1. The van der Waals surface area contributed by atoms with Crippen molar-refractivity contribution in [3.8, 4) is 0 Å². The van der Waals surface area contributed by atoms with Crippen molar-refractivity contribution in [2.75, 3.05) is 6.54 Å². The summed E-state index contributed by atoms with van der Waals surface area (Å²) in [6.07, 6.45) is 6.49. The summed E-state index contributed by atoms with van der Waals surface area (Å²) in [4.78, 5) is 23.4. The topological polar surface area (TPSA) is 87.0 Å². The van der Waals surface area contributed by atoms with Gasteiger partial charge in [0, 0.05) is 19.2 Å². The molecular weight excluding hydrogens is 245 g/mol. The first-order valence-electron chi connectivity index (χ1n) is 5.96. The third-order valence-corrected chi connectivity index (χ3v) is 1.84. The molecule has 0 spiro atoms. The second-order valence-electron chi connectivity index (χ2n) is 3.49. The molecule has 0 saturated carbocycles. The van der Waals surface area contributed by atoms with Crippen molar-refractivity contribution < 1.29 is 50.8 Å². The van der Waals surface area contributed by atoms with E-state index in [0.29, 0.717) is 0 Å². The molecule has 0 aromatic rings. The molecule has 102 valence electrons. The van der Waals surface area contributed by atoms with E-state index in [1.54, 1.807) is 6.92 Å². The van der Waals surface area contributed by atoms with Crippen LogP contribution in [0.25, 0.3) is 0 Å². The summed E-state index contributed by atoms with van der Waals surface area (Å²) in [5.41, 5.74) is 0. The van der Waals surface area contributed by atoms with E-state index < -0.39 is 11.9 Å². The summed E-state index contributed by atoms with van der Waals surface area (Å²) in [7, 11) is 0. The Morgan fingerprint density at radius 3 is 2.06 bits per heavy atom. The van der Waals surface area contributed by atoms with Crippen LogP contribution in [0, 0.1) is 0 Å². The molecule has 6 heteroatoms. The second kappa shape index (κ2) is 19.0. The number of aliphatic carboxylic acids is 2. The number of carboxylic acids is 2. The van der Waals surface area contributed by atoms with Crippen LogP contribution in [0.1, 0.15) is 53.8 Å². The Morgan fingerprint density at radius 1 is 1.11 bits per heavy atom. The van der Waals surface area contributed by atoms with Gasteiger partial charge in [0.15, 0.2) is 0 Å². The van der Waals surface area contributed by atoms with Gasteiger partial charge in [0.1, 0.15) is 0 Å². The Kier molecular flexibility index (Phi) is 24.0. The molecule has 0 rings (SSSR count). The largest absolute Gasteiger partial charge is 1.00 e.